The summed E-state index contributed by atoms with van der Waals surface area (Å²) in [6, 6.07) is 7.75. The Morgan fingerprint density at radius 3 is 2.86 bits per heavy atom. The van der Waals surface area contributed by atoms with Gasteiger partial charge >= 0.3 is 0 Å². The fourth-order valence-corrected chi connectivity index (χ4v) is 2.73. The second-order valence-corrected chi connectivity index (χ2v) is 6.03. The topological polar surface area (TPSA) is 59.8 Å². The van der Waals surface area contributed by atoms with Crippen molar-refractivity contribution < 1.29 is 4.79 Å². The number of hydrogen-bond acceptors (Lipinski definition) is 4. The second-order valence-electron chi connectivity index (χ2n) is 5.03. The van der Waals surface area contributed by atoms with Gasteiger partial charge in [-0.05, 0) is 39.0 Å². The highest BCUT2D eigenvalue weighted by Gasteiger charge is 2.10. The Kier molecular flexibility index (Phi) is 5.38. The van der Waals surface area contributed by atoms with E-state index in [9.17, 15) is 4.79 Å². The van der Waals surface area contributed by atoms with E-state index >= 15 is 0 Å². The first-order valence-corrected chi connectivity index (χ1v) is 7.87. The number of aryl methyl sites for hydroxylation is 2. The smallest absolute Gasteiger partial charge is 0.230 e. The molecule has 0 aromatic carbocycles. The predicted octanol–water partition coefficient (Wildman–Crippen LogP) is 2.19. The van der Waals surface area contributed by atoms with E-state index in [1.807, 2.05) is 49.7 Å². The summed E-state index contributed by atoms with van der Waals surface area (Å²) in [5, 5.41) is 8.25. The number of thioether (sulfide) groups is 1. The summed E-state index contributed by atoms with van der Waals surface area (Å²) in [6.07, 6.45) is 1.73. The molecule has 0 unspecified atom stereocenters. The summed E-state index contributed by atoms with van der Waals surface area (Å²) >= 11 is 1.44. The first kappa shape index (κ1) is 15.6. The predicted molar refractivity (Wildman–Crippen MR) is 84.3 cm³/mol. The SMILES string of the molecule is Cc1cc(C)n(C[C@H](C)NC(=O)CSc2ccccn2)n1. The van der Waals surface area contributed by atoms with Crippen molar-refractivity contribution in [3.63, 3.8) is 0 Å². The van der Waals surface area contributed by atoms with Crippen LogP contribution in [-0.2, 0) is 11.3 Å². The number of hydrogen-bond donors (Lipinski definition) is 1. The van der Waals surface area contributed by atoms with Gasteiger partial charge in [-0.3, -0.25) is 9.48 Å². The summed E-state index contributed by atoms with van der Waals surface area (Å²) in [5.74, 6) is 0.387. The first-order valence-electron chi connectivity index (χ1n) is 6.89. The van der Waals surface area contributed by atoms with Crippen LogP contribution >= 0.6 is 11.8 Å². The summed E-state index contributed by atoms with van der Waals surface area (Å²) < 4.78 is 1.92. The average Bonchev–Trinajstić information content (AvgIpc) is 2.75. The van der Waals surface area contributed by atoms with E-state index in [-0.39, 0.29) is 11.9 Å². The molecule has 5 nitrogen and oxygen atoms in total. The number of pyridine rings is 1. The fraction of sp³-hybridized carbons (Fsp3) is 0.400. The molecule has 2 aromatic rings. The van der Waals surface area contributed by atoms with Gasteiger partial charge in [0.15, 0.2) is 0 Å². The van der Waals surface area contributed by atoms with Crippen molar-refractivity contribution in [2.24, 2.45) is 0 Å². The Bertz CT molecular complexity index is 597. The lowest BCUT2D eigenvalue weighted by Crippen LogP contribution is -2.37. The van der Waals surface area contributed by atoms with Gasteiger partial charge in [0.05, 0.1) is 23.0 Å². The molecule has 1 amide bonds. The van der Waals surface area contributed by atoms with E-state index < -0.39 is 0 Å². The van der Waals surface area contributed by atoms with Crippen LogP contribution in [-0.4, -0.2) is 32.5 Å². The summed E-state index contributed by atoms with van der Waals surface area (Å²) in [6.45, 7) is 6.65. The molecule has 0 aliphatic heterocycles. The van der Waals surface area contributed by atoms with Gasteiger partial charge in [-0.1, -0.05) is 17.8 Å². The van der Waals surface area contributed by atoms with Crippen LogP contribution in [0.3, 0.4) is 0 Å². The third-order valence-electron chi connectivity index (χ3n) is 2.95. The Labute approximate surface area is 129 Å². The standard InChI is InChI=1S/C15H20N4OS/c1-11-8-13(3)19(18-11)9-12(2)17-14(20)10-21-15-6-4-5-7-16-15/h4-8,12H,9-10H2,1-3H3,(H,17,20)/t12-/m0/s1. The Hall–Kier alpha value is -1.82. The maximum absolute atomic E-state index is 11.9. The zero-order valence-electron chi connectivity index (χ0n) is 12.5. The second kappa shape index (κ2) is 7.26. The molecule has 112 valence electrons. The third kappa shape index (κ3) is 4.90. The Balaban J connectivity index is 1.78. The van der Waals surface area contributed by atoms with Crippen molar-refractivity contribution >= 4 is 17.7 Å². The lowest BCUT2D eigenvalue weighted by atomic mass is 10.3. The molecular formula is C15H20N4OS. The highest BCUT2D eigenvalue weighted by atomic mass is 32.2. The molecular weight excluding hydrogens is 284 g/mol. The first-order chi connectivity index (χ1) is 10.0. The zero-order chi connectivity index (χ0) is 15.2. The Morgan fingerprint density at radius 1 is 1.43 bits per heavy atom. The molecule has 0 bridgehead atoms. The largest absolute Gasteiger partial charge is 0.351 e. The molecule has 1 atom stereocenters. The average molecular weight is 304 g/mol. The molecule has 2 heterocycles. The van der Waals surface area contributed by atoms with Crippen molar-refractivity contribution in [2.75, 3.05) is 5.75 Å². The number of amides is 1. The van der Waals surface area contributed by atoms with E-state index in [0.717, 1.165) is 16.4 Å². The molecule has 0 spiro atoms. The lowest BCUT2D eigenvalue weighted by Gasteiger charge is -2.14. The monoisotopic (exact) mass is 304 g/mol. The van der Waals surface area contributed by atoms with Gasteiger partial charge in [0.25, 0.3) is 0 Å². The number of carbonyl (C=O) groups excluding carboxylic acids is 1. The summed E-state index contributed by atoms with van der Waals surface area (Å²) in [4.78, 5) is 16.1. The molecule has 0 aliphatic carbocycles. The van der Waals surface area contributed by atoms with Gasteiger partial charge in [-0.25, -0.2) is 4.98 Å². The number of nitrogens with zero attached hydrogens (tertiary/aromatic N) is 3. The van der Waals surface area contributed by atoms with Crippen molar-refractivity contribution in [2.45, 2.75) is 38.4 Å². The number of nitrogens with one attached hydrogen (secondary N) is 1. The molecule has 0 fully saturated rings. The van der Waals surface area contributed by atoms with Gasteiger partial charge in [-0.2, -0.15) is 5.10 Å². The van der Waals surface area contributed by atoms with E-state index in [4.69, 9.17) is 0 Å². The van der Waals surface area contributed by atoms with Crippen molar-refractivity contribution in [3.8, 4) is 0 Å². The van der Waals surface area contributed by atoms with Gasteiger partial charge < -0.3 is 5.32 Å². The minimum atomic E-state index is 0.0136. The van der Waals surface area contributed by atoms with E-state index in [1.165, 1.54) is 11.8 Å². The van der Waals surface area contributed by atoms with E-state index in [1.54, 1.807) is 6.20 Å². The lowest BCUT2D eigenvalue weighted by molar-refractivity contribution is -0.119. The molecule has 2 rings (SSSR count). The van der Waals surface area contributed by atoms with Gasteiger partial charge in [-0.15, -0.1) is 0 Å². The molecule has 6 heteroatoms. The van der Waals surface area contributed by atoms with Crippen LogP contribution in [0.5, 0.6) is 0 Å². The van der Waals surface area contributed by atoms with Crippen LogP contribution < -0.4 is 5.32 Å². The molecule has 1 N–H and O–H groups in total. The molecule has 0 radical (unpaired) electrons. The van der Waals surface area contributed by atoms with Crippen LogP contribution in [0.1, 0.15) is 18.3 Å². The minimum absolute atomic E-state index is 0.0136. The highest BCUT2D eigenvalue weighted by molar-refractivity contribution is 7.99. The number of rotatable bonds is 6. The van der Waals surface area contributed by atoms with Crippen LogP contribution in [0.25, 0.3) is 0 Å². The normalized spacial score (nSPS) is 12.1. The van der Waals surface area contributed by atoms with Crippen LogP contribution in [0.15, 0.2) is 35.5 Å². The van der Waals surface area contributed by atoms with Gasteiger partial charge in [0.1, 0.15) is 0 Å². The van der Waals surface area contributed by atoms with Gasteiger partial charge in [0, 0.05) is 17.9 Å². The Morgan fingerprint density at radius 2 is 2.24 bits per heavy atom. The minimum Gasteiger partial charge on any atom is -0.351 e. The van der Waals surface area contributed by atoms with Gasteiger partial charge in [0.2, 0.25) is 5.91 Å². The van der Waals surface area contributed by atoms with Crippen LogP contribution in [0, 0.1) is 13.8 Å². The van der Waals surface area contributed by atoms with Crippen LogP contribution in [0.2, 0.25) is 0 Å². The molecule has 2 aromatic heterocycles. The van der Waals surface area contributed by atoms with E-state index in [2.05, 4.69) is 15.4 Å². The number of carbonyl (C=O) groups is 1. The fourth-order valence-electron chi connectivity index (χ4n) is 2.05. The molecule has 0 aliphatic rings. The summed E-state index contributed by atoms with van der Waals surface area (Å²) in [7, 11) is 0. The maximum atomic E-state index is 11.9. The third-order valence-corrected chi connectivity index (χ3v) is 3.89. The van der Waals surface area contributed by atoms with Crippen molar-refractivity contribution in [1.29, 1.82) is 0 Å². The molecule has 0 saturated heterocycles. The molecule has 0 saturated carbocycles. The maximum Gasteiger partial charge on any atom is 0.230 e. The molecule has 21 heavy (non-hydrogen) atoms. The number of aromatic nitrogens is 3. The van der Waals surface area contributed by atoms with E-state index in [0.29, 0.717) is 12.3 Å². The zero-order valence-corrected chi connectivity index (χ0v) is 13.4. The van der Waals surface area contributed by atoms with Crippen molar-refractivity contribution in [1.82, 2.24) is 20.1 Å². The quantitative estimate of drug-likeness (QED) is 0.831. The highest BCUT2D eigenvalue weighted by Crippen LogP contribution is 2.13. The van der Waals surface area contributed by atoms with Crippen LogP contribution in [0.4, 0.5) is 0 Å². The van der Waals surface area contributed by atoms with Crippen molar-refractivity contribution in [3.05, 3.63) is 41.9 Å². The summed E-state index contributed by atoms with van der Waals surface area (Å²) in [5.41, 5.74) is 2.10.